The normalized spacial score (nSPS) is 11.4. The minimum Gasteiger partial charge on any atom is -0.382 e. The fourth-order valence-corrected chi connectivity index (χ4v) is 6.72. The Bertz CT molecular complexity index is 1980. The summed E-state index contributed by atoms with van der Waals surface area (Å²) >= 11 is 12.8. The lowest BCUT2D eigenvalue weighted by Gasteiger charge is -2.13. The van der Waals surface area contributed by atoms with Crippen LogP contribution in [0, 0.1) is 22.3 Å². The van der Waals surface area contributed by atoms with E-state index in [2.05, 4.69) is 81.8 Å². The highest BCUT2D eigenvalue weighted by atomic mass is 127. The molecule has 0 spiro atoms. The van der Waals surface area contributed by atoms with E-state index in [1.807, 2.05) is 69.2 Å². The molecule has 0 aliphatic rings. The number of benzene rings is 2. The van der Waals surface area contributed by atoms with Crippen LogP contribution in [-0.4, -0.2) is 50.5 Å². The summed E-state index contributed by atoms with van der Waals surface area (Å²) in [5.74, 6) is -0.622. The van der Waals surface area contributed by atoms with Crippen LogP contribution in [0.1, 0.15) is 41.7 Å². The molecule has 0 bridgehead atoms. The van der Waals surface area contributed by atoms with Crippen molar-refractivity contribution < 1.29 is 18.7 Å². The Labute approximate surface area is 326 Å². The number of hydrogen-bond donors (Lipinski definition) is 1. The first-order chi connectivity index (χ1) is 22.4. The van der Waals surface area contributed by atoms with E-state index < -0.39 is 6.10 Å². The predicted molar refractivity (Wildman–Crippen MR) is 206 cm³/mol. The number of halogens is 7. The number of aliphatic hydroxyl groups excluding tert-OH is 1. The van der Waals surface area contributed by atoms with Crippen LogP contribution in [0.5, 0.6) is 0 Å². The van der Waals surface area contributed by atoms with E-state index in [1.54, 1.807) is 46.0 Å². The van der Waals surface area contributed by atoms with Gasteiger partial charge in [-0.25, -0.2) is 18.1 Å². The quantitative estimate of drug-likeness (QED) is 0.127. The van der Waals surface area contributed by atoms with Gasteiger partial charge in [-0.2, -0.15) is 20.4 Å². The van der Waals surface area contributed by atoms with Gasteiger partial charge in [0.15, 0.2) is 6.29 Å². The molecule has 0 radical (unpaired) electrons. The molecule has 0 aliphatic carbocycles. The number of aromatic nitrogens is 8. The Morgan fingerprint density at radius 3 is 1.83 bits per heavy atom. The van der Waals surface area contributed by atoms with E-state index in [-0.39, 0.29) is 11.6 Å². The highest BCUT2D eigenvalue weighted by molar-refractivity contribution is 14.1. The number of aryl methyl sites for hydroxylation is 2. The molecule has 6 aromatic rings. The maximum atomic E-state index is 13.3. The van der Waals surface area contributed by atoms with Gasteiger partial charge in [0, 0.05) is 44.3 Å². The summed E-state index contributed by atoms with van der Waals surface area (Å²) in [6, 6.07) is 12.1. The van der Waals surface area contributed by atoms with Crippen LogP contribution in [0.4, 0.5) is 8.78 Å². The summed E-state index contributed by atoms with van der Waals surface area (Å²) in [5.41, 5.74) is 3.05. The van der Waals surface area contributed by atoms with Crippen LogP contribution in [0.2, 0.25) is 0 Å². The van der Waals surface area contributed by atoms with Crippen LogP contribution >= 0.6 is 99.6 Å². The average Bonchev–Trinajstić information content (AvgIpc) is 3.84. The van der Waals surface area contributed by atoms with E-state index in [0.717, 1.165) is 13.1 Å². The first kappa shape index (κ1) is 37.7. The maximum Gasteiger partial charge on any atom is 0.168 e. The minimum absolute atomic E-state index is 0.310. The monoisotopic (exact) mass is 1110 g/mol. The second kappa shape index (κ2) is 17.5. The van der Waals surface area contributed by atoms with Gasteiger partial charge in [0.2, 0.25) is 0 Å². The number of rotatable bonds is 7. The molecule has 246 valence electrons. The van der Waals surface area contributed by atoms with Crippen molar-refractivity contribution in [3.8, 4) is 11.4 Å². The van der Waals surface area contributed by atoms with Gasteiger partial charge in [-0.15, -0.1) is 0 Å². The maximum absolute atomic E-state index is 13.3. The Hall–Kier alpha value is -2.08. The molecule has 4 aromatic heterocycles. The van der Waals surface area contributed by atoms with E-state index >= 15 is 0 Å². The average molecular weight is 1110 g/mol. The van der Waals surface area contributed by atoms with Gasteiger partial charge in [0.05, 0.1) is 33.0 Å². The highest BCUT2D eigenvalue weighted by Crippen LogP contribution is 2.29. The molecule has 0 saturated heterocycles. The van der Waals surface area contributed by atoms with Gasteiger partial charge in [-0.3, -0.25) is 14.2 Å². The molecule has 4 heterocycles. The SMILES string of the molecule is CCn1cc(C(O)c2cc(Br)nn2-c2ccc(F)cc2I)cn1.CCn1cc(I)cn1.O=Cc1cc(Br)nn1-c1ccc(F)cc1I. The second-order valence-corrected chi connectivity index (χ2v) is 14.7. The third-order valence-corrected chi connectivity index (χ3v) is 9.37. The predicted octanol–water partition coefficient (Wildman–Crippen LogP) is 8.38. The van der Waals surface area contributed by atoms with Crippen molar-refractivity contribution in [3.63, 3.8) is 0 Å². The molecule has 47 heavy (non-hydrogen) atoms. The van der Waals surface area contributed by atoms with Crippen molar-refractivity contribution in [1.82, 2.24) is 39.1 Å². The van der Waals surface area contributed by atoms with Crippen LogP contribution in [0.15, 0.2) is 82.5 Å². The topological polar surface area (TPSA) is 109 Å². The van der Waals surface area contributed by atoms with Gasteiger partial charge in [-0.05, 0) is 156 Å². The van der Waals surface area contributed by atoms with Crippen molar-refractivity contribution in [3.05, 3.63) is 122 Å². The standard InChI is InChI=1S/C15H13BrFIN4O.C10H5BrFIN2O.C5H7IN2/c1-2-21-8-9(7-19-21)15(23)13-6-14(16)20-22(13)12-4-3-10(17)5-11(12)18;11-10-4-7(5-16)15(14-10)9-2-1-6(12)3-8(9)13;1-2-8-4-5(6)3-7-8/h3-8,15,23H,2H2,1H3;1-5H;3-4H,2H2,1H3. The number of hydrogen-bond acceptors (Lipinski definition) is 6. The summed E-state index contributed by atoms with van der Waals surface area (Å²) in [6.07, 6.45) is 7.12. The number of aldehydes is 1. The lowest BCUT2D eigenvalue weighted by Crippen LogP contribution is -2.09. The lowest BCUT2D eigenvalue weighted by atomic mass is 10.1. The molecule has 17 heteroatoms. The molecular formula is C30H25Br2F2I3N8O2. The molecule has 2 aromatic carbocycles. The number of nitrogens with zero attached hydrogens (tertiary/aromatic N) is 8. The highest BCUT2D eigenvalue weighted by Gasteiger charge is 2.21. The Balaban J connectivity index is 0.000000180. The second-order valence-electron chi connectivity index (χ2n) is 9.46. The number of carbonyl (C=O) groups excluding carboxylic acids is 1. The van der Waals surface area contributed by atoms with E-state index in [1.165, 1.54) is 32.5 Å². The molecule has 0 amide bonds. The van der Waals surface area contributed by atoms with Gasteiger partial charge in [-0.1, -0.05) is 0 Å². The Morgan fingerprint density at radius 1 is 0.809 bits per heavy atom. The molecule has 0 fully saturated rings. The van der Waals surface area contributed by atoms with Crippen molar-refractivity contribution in [2.45, 2.75) is 33.0 Å². The van der Waals surface area contributed by atoms with Crippen LogP contribution in [0.3, 0.4) is 0 Å². The molecule has 10 nitrogen and oxygen atoms in total. The molecular weight excluding hydrogens is 1080 g/mol. The zero-order valence-electron chi connectivity index (χ0n) is 24.6. The van der Waals surface area contributed by atoms with Gasteiger partial charge >= 0.3 is 0 Å². The van der Waals surface area contributed by atoms with Crippen LogP contribution in [0.25, 0.3) is 11.4 Å². The zero-order valence-corrected chi connectivity index (χ0v) is 34.2. The largest absolute Gasteiger partial charge is 0.382 e. The first-order valence-electron chi connectivity index (χ1n) is 13.7. The third-order valence-electron chi connectivity index (χ3n) is 6.31. The fourth-order valence-electron chi connectivity index (χ4n) is 4.08. The van der Waals surface area contributed by atoms with Crippen molar-refractivity contribution in [2.24, 2.45) is 0 Å². The summed E-state index contributed by atoms with van der Waals surface area (Å²) < 4.78 is 36.8. The molecule has 6 rings (SSSR count). The van der Waals surface area contributed by atoms with E-state index in [9.17, 15) is 18.7 Å². The molecule has 1 atom stereocenters. The van der Waals surface area contributed by atoms with Crippen molar-refractivity contribution >= 4 is 106 Å². The lowest BCUT2D eigenvalue weighted by molar-refractivity contribution is 0.111. The van der Waals surface area contributed by atoms with Crippen LogP contribution < -0.4 is 0 Å². The molecule has 1 unspecified atom stereocenters. The molecule has 1 N–H and O–H groups in total. The van der Waals surface area contributed by atoms with Crippen molar-refractivity contribution in [1.29, 1.82) is 0 Å². The summed E-state index contributed by atoms with van der Waals surface area (Å²) in [6.45, 7) is 5.74. The molecule has 0 saturated carbocycles. The fraction of sp³-hybridized carbons (Fsp3) is 0.167. The Morgan fingerprint density at radius 2 is 1.34 bits per heavy atom. The van der Waals surface area contributed by atoms with Crippen molar-refractivity contribution in [2.75, 3.05) is 0 Å². The Kier molecular flexibility index (Phi) is 14.1. The van der Waals surface area contributed by atoms with E-state index in [0.29, 0.717) is 51.0 Å². The van der Waals surface area contributed by atoms with Gasteiger partial charge < -0.3 is 5.11 Å². The summed E-state index contributed by atoms with van der Waals surface area (Å²) in [7, 11) is 0. The number of aliphatic hydroxyl groups is 1. The van der Waals surface area contributed by atoms with Gasteiger partial charge in [0.25, 0.3) is 0 Å². The van der Waals surface area contributed by atoms with Crippen LogP contribution in [-0.2, 0) is 13.1 Å². The first-order valence-corrected chi connectivity index (χ1v) is 18.5. The zero-order chi connectivity index (χ0) is 34.2. The smallest absolute Gasteiger partial charge is 0.168 e. The third kappa shape index (κ3) is 9.98. The minimum atomic E-state index is -0.880. The summed E-state index contributed by atoms with van der Waals surface area (Å²) in [4.78, 5) is 10.8. The molecule has 0 aliphatic heterocycles. The summed E-state index contributed by atoms with van der Waals surface area (Å²) in [5, 5.41) is 27.4. The van der Waals surface area contributed by atoms with E-state index in [4.69, 9.17) is 0 Å². The van der Waals surface area contributed by atoms with Gasteiger partial charge in [0.1, 0.15) is 32.6 Å². The number of carbonyl (C=O) groups is 1.